The molecule has 1 amide bonds. The van der Waals surface area contributed by atoms with Crippen LogP contribution in [-0.4, -0.2) is 22.7 Å². The zero-order chi connectivity index (χ0) is 17.5. The molecule has 2 aromatic rings. The molecule has 0 radical (unpaired) electrons. The first-order chi connectivity index (χ1) is 11.5. The first-order valence-electron chi connectivity index (χ1n) is 7.08. The number of hydrogen-bond acceptors (Lipinski definition) is 5. The van der Waals surface area contributed by atoms with Crippen molar-refractivity contribution in [3.8, 4) is 5.75 Å². The Hall–Kier alpha value is -2.67. The highest BCUT2D eigenvalue weighted by Crippen LogP contribution is 2.16. The van der Waals surface area contributed by atoms with Crippen molar-refractivity contribution in [1.29, 1.82) is 0 Å². The fourth-order valence-electron chi connectivity index (χ4n) is 1.97. The Balaban J connectivity index is 2.21. The minimum atomic E-state index is -1.20. The Morgan fingerprint density at radius 2 is 1.75 bits per heavy atom. The monoisotopic (exact) mass is 389 g/mol. The summed E-state index contributed by atoms with van der Waals surface area (Å²) in [4.78, 5) is 22.8. The van der Waals surface area contributed by atoms with Crippen molar-refractivity contribution in [3.63, 3.8) is 0 Å². The van der Waals surface area contributed by atoms with E-state index in [0.29, 0.717) is 11.3 Å². The number of hydrazone groups is 1. The van der Waals surface area contributed by atoms with Gasteiger partial charge in [-0.15, -0.1) is 0 Å². The topological polar surface area (TPSA) is 102 Å². The van der Waals surface area contributed by atoms with Gasteiger partial charge in [0.2, 0.25) is 0 Å². The molecular formula is C17H14BrN2O4-. The zero-order valence-corrected chi connectivity index (χ0v) is 14.1. The van der Waals surface area contributed by atoms with Crippen LogP contribution in [-0.2, 0) is 4.79 Å². The maximum atomic E-state index is 12.1. The van der Waals surface area contributed by atoms with Crippen LogP contribution in [0.4, 0.5) is 0 Å². The van der Waals surface area contributed by atoms with Crippen molar-refractivity contribution < 1.29 is 19.8 Å². The van der Waals surface area contributed by atoms with Crippen molar-refractivity contribution >= 4 is 33.5 Å². The van der Waals surface area contributed by atoms with E-state index in [-0.39, 0.29) is 24.2 Å². The molecule has 2 aromatic carbocycles. The second-order valence-corrected chi connectivity index (χ2v) is 5.81. The smallest absolute Gasteiger partial charge is 0.275 e. The number of phenolic OH excluding ortho intramolecular Hbond substituents is 1. The summed E-state index contributed by atoms with van der Waals surface area (Å²) < 4.78 is 0.865. The number of hydrogen-bond donors (Lipinski definition) is 2. The summed E-state index contributed by atoms with van der Waals surface area (Å²) in [6.07, 6.45) is -0.119. The number of nitrogens with zero attached hydrogens (tertiary/aromatic N) is 1. The number of amides is 1. The third kappa shape index (κ3) is 4.92. The number of para-hydroxylation sites is 1. The average Bonchev–Trinajstić information content (AvgIpc) is 2.56. The van der Waals surface area contributed by atoms with E-state index in [2.05, 4.69) is 26.5 Å². The Morgan fingerprint density at radius 3 is 2.38 bits per heavy atom. The number of aliphatic carboxylic acids is 1. The van der Waals surface area contributed by atoms with E-state index in [1.165, 1.54) is 12.1 Å². The van der Waals surface area contributed by atoms with E-state index in [0.717, 1.165) is 4.47 Å². The lowest BCUT2D eigenvalue weighted by molar-refractivity contribution is -0.305. The van der Waals surface area contributed by atoms with Crippen molar-refractivity contribution in [1.82, 2.24) is 5.43 Å². The summed E-state index contributed by atoms with van der Waals surface area (Å²) in [6.45, 7) is 0. The lowest BCUT2D eigenvalue weighted by Gasteiger charge is -2.09. The Kier molecular flexibility index (Phi) is 6.08. The number of rotatable bonds is 6. The van der Waals surface area contributed by atoms with E-state index < -0.39 is 11.9 Å². The molecule has 0 unspecified atom stereocenters. The normalized spacial score (nSPS) is 11.1. The van der Waals surface area contributed by atoms with Crippen LogP contribution in [0.25, 0.3) is 0 Å². The van der Waals surface area contributed by atoms with Gasteiger partial charge in [0, 0.05) is 10.4 Å². The van der Waals surface area contributed by atoms with Crippen molar-refractivity contribution in [2.45, 2.75) is 12.8 Å². The minimum absolute atomic E-state index is 0.0799. The first-order valence-corrected chi connectivity index (χ1v) is 7.87. The van der Waals surface area contributed by atoms with Crippen LogP contribution in [0.2, 0.25) is 0 Å². The number of benzene rings is 2. The lowest BCUT2D eigenvalue weighted by atomic mass is 10.1. The molecule has 0 bridgehead atoms. The van der Waals surface area contributed by atoms with E-state index in [4.69, 9.17) is 0 Å². The van der Waals surface area contributed by atoms with Gasteiger partial charge in [0.25, 0.3) is 5.91 Å². The number of carbonyl (C=O) groups excluding carboxylic acids is 2. The summed E-state index contributed by atoms with van der Waals surface area (Å²) in [5, 5.41) is 24.4. The molecule has 24 heavy (non-hydrogen) atoms. The number of halogens is 1. The Bertz CT molecular complexity index is 772. The summed E-state index contributed by atoms with van der Waals surface area (Å²) in [6, 6.07) is 13.1. The number of phenols is 1. The molecule has 0 atom stereocenters. The molecule has 124 valence electrons. The zero-order valence-electron chi connectivity index (χ0n) is 12.5. The van der Waals surface area contributed by atoms with Crippen LogP contribution in [0.1, 0.15) is 28.8 Å². The quantitative estimate of drug-likeness (QED) is 0.580. The summed E-state index contributed by atoms with van der Waals surface area (Å²) >= 11 is 3.32. The number of nitrogens with one attached hydrogen (secondary N) is 1. The van der Waals surface area contributed by atoms with E-state index >= 15 is 0 Å². The number of carbonyl (C=O) groups is 2. The highest BCUT2D eigenvalue weighted by Gasteiger charge is 2.11. The largest absolute Gasteiger partial charge is 0.550 e. The standard InChI is InChI=1S/C17H15BrN2O4/c18-12-7-5-11(6-8-12)14(9-10-16(22)23)19-20-17(24)13-3-1-2-4-15(13)21/h1-8,21H,9-10H2,(H,20,24)(H,22,23)/p-1/b19-14-. The predicted octanol–water partition coefficient (Wildman–Crippen LogP) is 1.82. The van der Waals surface area contributed by atoms with Gasteiger partial charge in [-0.05, 0) is 42.7 Å². The SMILES string of the molecule is O=C([O-])CC/C(=N/NC(=O)c1ccccc1O)c1ccc(Br)cc1. The molecule has 0 saturated heterocycles. The highest BCUT2D eigenvalue weighted by molar-refractivity contribution is 9.10. The Labute approximate surface area is 147 Å². The molecule has 0 saturated carbocycles. The van der Waals surface area contributed by atoms with Gasteiger partial charge >= 0.3 is 0 Å². The van der Waals surface area contributed by atoms with Crippen molar-refractivity contribution in [2.24, 2.45) is 5.10 Å². The maximum absolute atomic E-state index is 12.1. The van der Waals surface area contributed by atoms with Crippen LogP contribution in [0.15, 0.2) is 58.1 Å². The third-order valence-electron chi connectivity index (χ3n) is 3.18. The van der Waals surface area contributed by atoms with Gasteiger partial charge in [-0.3, -0.25) is 4.79 Å². The second kappa shape index (κ2) is 8.26. The van der Waals surface area contributed by atoms with Gasteiger partial charge in [0.1, 0.15) is 5.75 Å². The molecule has 7 heteroatoms. The van der Waals surface area contributed by atoms with Crippen LogP contribution < -0.4 is 10.5 Å². The molecule has 0 spiro atoms. The first kappa shape index (κ1) is 17.7. The van der Waals surface area contributed by atoms with Gasteiger partial charge < -0.3 is 15.0 Å². The van der Waals surface area contributed by atoms with Gasteiger partial charge in [0.05, 0.1) is 11.3 Å². The van der Waals surface area contributed by atoms with Gasteiger partial charge in [-0.2, -0.15) is 5.10 Å². The predicted molar refractivity (Wildman–Crippen MR) is 90.5 cm³/mol. The number of carboxylic acid groups (broad SMARTS) is 1. The molecule has 0 fully saturated rings. The molecule has 0 heterocycles. The maximum Gasteiger partial charge on any atom is 0.275 e. The number of carboxylic acids is 1. The van der Waals surface area contributed by atoms with E-state index in [9.17, 15) is 19.8 Å². The van der Waals surface area contributed by atoms with Crippen molar-refractivity contribution in [3.05, 3.63) is 64.1 Å². The molecule has 2 rings (SSSR count). The van der Waals surface area contributed by atoms with E-state index in [1.807, 2.05) is 0 Å². The Morgan fingerprint density at radius 1 is 1.08 bits per heavy atom. The fraction of sp³-hybridized carbons (Fsp3) is 0.118. The fourth-order valence-corrected chi connectivity index (χ4v) is 2.24. The van der Waals surface area contributed by atoms with Crippen LogP contribution in [0.5, 0.6) is 5.75 Å². The van der Waals surface area contributed by atoms with Gasteiger partial charge in [-0.25, -0.2) is 5.43 Å². The van der Waals surface area contributed by atoms with Gasteiger partial charge in [0.15, 0.2) is 0 Å². The summed E-state index contributed by atoms with van der Waals surface area (Å²) in [7, 11) is 0. The third-order valence-corrected chi connectivity index (χ3v) is 3.71. The van der Waals surface area contributed by atoms with Crippen LogP contribution in [0, 0.1) is 0 Å². The molecular weight excluding hydrogens is 376 g/mol. The molecule has 0 aromatic heterocycles. The number of aromatic hydroxyl groups is 1. The summed E-state index contributed by atoms with van der Waals surface area (Å²) in [5.74, 6) is -1.95. The minimum Gasteiger partial charge on any atom is -0.550 e. The van der Waals surface area contributed by atoms with Gasteiger partial charge in [-0.1, -0.05) is 40.2 Å². The molecule has 0 aliphatic carbocycles. The summed E-state index contributed by atoms with van der Waals surface area (Å²) in [5.41, 5.74) is 3.50. The average molecular weight is 390 g/mol. The molecule has 0 aliphatic rings. The van der Waals surface area contributed by atoms with Crippen LogP contribution in [0.3, 0.4) is 0 Å². The van der Waals surface area contributed by atoms with Crippen LogP contribution >= 0.6 is 15.9 Å². The molecule has 0 aliphatic heterocycles. The van der Waals surface area contributed by atoms with Crippen molar-refractivity contribution in [2.75, 3.05) is 0 Å². The second-order valence-electron chi connectivity index (χ2n) is 4.90. The lowest BCUT2D eigenvalue weighted by Crippen LogP contribution is -2.24. The molecule has 6 nitrogen and oxygen atoms in total. The van der Waals surface area contributed by atoms with E-state index in [1.54, 1.807) is 36.4 Å². The highest BCUT2D eigenvalue weighted by atomic mass is 79.9. The molecule has 2 N–H and O–H groups in total.